The Hall–Kier alpha value is -2.75. The molecule has 2 aromatic carbocycles. The molecule has 0 aromatic heterocycles. The van der Waals surface area contributed by atoms with E-state index >= 15 is 0 Å². The Balaban J connectivity index is 1.68. The number of allylic oxidation sites excluding steroid dienone is 2. The molecule has 1 aliphatic carbocycles. The number of carbonyl (C=O) groups is 2. The SMILES string of the molecule is CCc1ccc([C@H]2CC(=O)NC3=C2C(=O)C[C@H](c2ccc(F)cc2)C3)cc1. The molecule has 1 aliphatic heterocycles. The molecule has 2 aliphatic rings. The molecule has 2 atom stereocenters. The number of halogens is 1. The fourth-order valence-electron chi connectivity index (χ4n) is 4.20. The lowest BCUT2D eigenvalue weighted by atomic mass is 9.73. The number of rotatable bonds is 3. The van der Waals surface area contributed by atoms with E-state index in [2.05, 4.69) is 24.4 Å². The highest BCUT2D eigenvalue weighted by molar-refractivity contribution is 6.02. The van der Waals surface area contributed by atoms with Gasteiger partial charge in [0.1, 0.15) is 5.82 Å². The third kappa shape index (κ3) is 3.44. The van der Waals surface area contributed by atoms with Gasteiger partial charge in [0.05, 0.1) is 0 Å². The number of aryl methyl sites for hydroxylation is 1. The van der Waals surface area contributed by atoms with E-state index in [-0.39, 0.29) is 29.3 Å². The first-order valence-electron chi connectivity index (χ1n) is 9.45. The minimum Gasteiger partial charge on any atom is -0.329 e. The van der Waals surface area contributed by atoms with E-state index in [0.717, 1.165) is 28.8 Å². The minimum atomic E-state index is -0.289. The predicted molar refractivity (Wildman–Crippen MR) is 102 cm³/mol. The number of hydrogen-bond acceptors (Lipinski definition) is 2. The first-order chi connectivity index (χ1) is 13.0. The van der Waals surface area contributed by atoms with Gasteiger partial charge in [-0.25, -0.2) is 4.39 Å². The Morgan fingerprint density at radius 1 is 0.926 bits per heavy atom. The van der Waals surface area contributed by atoms with Gasteiger partial charge in [-0.1, -0.05) is 43.3 Å². The number of carbonyl (C=O) groups excluding carboxylic acids is 2. The molecule has 27 heavy (non-hydrogen) atoms. The zero-order valence-corrected chi connectivity index (χ0v) is 15.3. The number of nitrogens with one attached hydrogen (secondary N) is 1. The zero-order valence-electron chi connectivity index (χ0n) is 15.3. The largest absolute Gasteiger partial charge is 0.329 e. The molecular weight excluding hydrogens is 341 g/mol. The van der Waals surface area contributed by atoms with E-state index in [1.54, 1.807) is 12.1 Å². The summed E-state index contributed by atoms with van der Waals surface area (Å²) in [5.41, 5.74) is 4.67. The third-order valence-corrected chi connectivity index (χ3v) is 5.67. The van der Waals surface area contributed by atoms with E-state index in [1.807, 2.05) is 12.1 Å². The van der Waals surface area contributed by atoms with Crippen LogP contribution >= 0.6 is 0 Å². The molecule has 0 radical (unpaired) electrons. The molecule has 4 rings (SSSR count). The summed E-state index contributed by atoms with van der Waals surface area (Å²) in [5, 5.41) is 2.93. The average molecular weight is 363 g/mol. The van der Waals surface area contributed by atoms with Crippen LogP contribution in [-0.4, -0.2) is 11.7 Å². The predicted octanol–water partition coefficient (Wildman–Crippen LogP) is 4.39. The lowest BCUT2D eigenvalue weighted by Crippen LogP contribution is -2.38. The Morgan fingerprint density at radius 3 is 2.26 bits per heavy atom. The van der Waals surface area contributed by atoms with Crippen molar-refractivity contribution in [2.45, 2.75) is 44.4 Å². The molecule has 0 saturated carbocycles. The van der Waals surface area contributed by atoms with Gasteiger partial charge in [-0.05, 0) is 47.6 Å². The van der Waals surface area contributed by atoms with Crippen LogP contribution in [0.25, 0.3) is 0 Å². The lowest BCUT2D eigenvalue weighted by molar-refractivity contribution is -0.122. The number of Topliss-reactive ketones (excluding diaryl/α,β-unsaturated/α-hetero) is 1. The smallest absolute Gasteiger partial charge is 0.225 e. The monoisotopic (exact) mass is 363 g/mol. The molecule has 0 spiro atoms. The van der Waals surface area contributed by atoms with Crippen molar-refractivity contribution in [2.24, 2.45) is 0 Å². The normalized spacial score (nSPS) is 22.4. The van der Waals surface area contributed by atoms with E-state index in [0.29, 0.717) is 19.3 Å². The summed E-state index contributed by atoms with van der Waals surface area (Å²) in [6, 6.07) is 14.5. The van der Waals surface area contributed by atoms with Crippen molar-refractivity contribution in [2.75, 3.05) is 0 Å². The Morgan fingerprint density at radius 2 is 1.59 bits per heavy atom. The second-order valence-electron chi connectivity index (χ2n) is 7.37. The van der Waals surface area contributed by atoms with Gasteiger partial charge in [0, 0.05) is 30.0 Å². The van der Waals surface area contributed by atoms with Crippen LogP contribution in [-0.2, 0) is 16.0 Å². The quantitative estimate of drug-likeness (QED) is 0.879. The summed E-state index contributed by atoms with van der Waals surface area (Å²) in [6.45, 7) is 2.10. The highest BCUT2D eigenvalue weighted by Gasteiger charge is 2.38. The van der Waals surface area contributed by atoms with E-state index in [1.165, 1.54) is 17.7 Å². The minimum absolute atomic E-state index is 0.0293. The number of benzene rings is 2. The highest BCUT2D eigenvalue weighted by Crippen LogP contribution is 2.42. The number of amides is 1. The van der Waals surface area contributed by atoms with Crippen molar-refractivity contribution in [1.82, 2.24) is 5.32 Å². The van der Waals surface area contributed by atoms with E-state index in [9.17, 15) is 14.0 Å². The van der Waals surface area contributed by atoms with Crippen molar-refractivity contribution in [3.05, 3.63) is 82.3 Å². The topological polar surface area (TPSA) is 46.2 Å². The van der Waals surface area contributed by atoms with Crippen molar-refractivity contribution in [1.29, 1.82) is 0 Å². The standard InChI is InChI=1S/C23H22FNO2/c1-2-14-3-5-16(6-4-14)19-13-22(27)25-20-11-17(12-21(26)23(19)20)15-7-9-18(24)10-8-15/h3-10,17,19H,2,11-13H2,1H3,(H,25,27)/t17-,19-/m1/s1. The molecule has 138 valence electrons. The summed E-state index contributed by atoms with van der Waals surface area (Å²) in [6.07, 6.45) is 2.25. The van der Waals surface area contributed by atoms with Crippen LogP contribution in [0.3, 0.4) is 0 Å². The molecule has 1 heterocycles. The van der Waals surface area contributed by atoms with Gasteiger partial charge in [0.15, 0.2) is 5.78 Å². The van der Waals surface area contributed by atoms with Crippen LogP contribution in [0.2, 0.25) is 0 Å². The highest BCUT2D eigenvalue weighted by atomic mass is 19.1. The van der Waals surface area contributed by atoms with E-state index < -0.39 is 0 Å². The maximum absolute atomic E-state index is 13.2. The Labute approximate surface area is 158 Å². The first-order valence-corrected chi connectivity index (χ1v) is 9.45. The summed E-state index contributed by atoms with van der Waals surface area (Å²) in [5.74, 6) is -0.469. The Kier molecular flexibility index (Phi) is 4.65. The maximum Gasteiger partial charge on any atom is 0.225 e. The number of hydrogen-bond donors (Lipinski definition) is 1. The molecule has 0 unspecified atom stereocenters. The van der Waals surface area contributed by atoms with Crippen molar-refractivity contribution in [3.63, 3.8) is 0 Å². The molecule has 4 heteroatoms. The molecule has 0 bridgehead atoms. The van der Waals surface area contributed by atoms with Crippen molar-refractivity contribution < 1.29 is 14.0 Å². The molecular formula is C23H22FNO2. The zero-order chi connectivity index (χ0) is 19.0. The van der Waals surface area contributed by atoms with Crippen molar-refractivity contribution in [3.8, 4) is 0 Å². The van der Waals surface area contributed by atoms with Crippen LogP contribution < -0.4 is 5.32 Å². The van der Waals surface area contributed by atoms with Gasteiger partial charge < -0.3 is 5.32 Å². The molecule has 1 N–H and O–H groups in total. The molecule has 0 fully saturated rings. The van der Waals surface area contributed by atoms with E-state index in [4.69, 9.17) is 0 Å². The second-order valence-corrected chi connectivity index (χ2v) is 7.37. The van der Waals surface area contributed by atoms with Crippen molar-refractivity contribution >= 4 is 11.7 Å². The Bertz CT molecular complexity index is 912. The van der Waals surface area contributed by atoms with Crippen LogP contribution in [0.1, 0.15) is 54.7 Å². The summed E-state index contributed by atoms with van der Waals surface area (Å²) in [7, 11) is 0. The van der Waals surface area contributed by atoms with Crippen LogP contribution in [0.4, 0.5) is 4.39 Å². The first kappa shape index (κ1) is 17.7. The fraction of sp³-hybridized carbons (Fsp3) is 0.304. The van der Waals surface area contributed by atoms with Crippen LogP contribution in [0.5, 0.6) is 0 Å². The summed E-state index contributed by atoms with van der Waals surface area (Å²) >= 11 is 0. The molecule has 0 saturated heterocycles. The van der Waals surface area contributed by atoms with Gasteiger partial charge in [-0.15, -0.1) is 0 Å². The van der Waals surface area contributed by atoms with Gasteiger partial charge in [-0.2, -0.15) is 0 Å². The van der Waals surface area contributed by atoms with Gasteiger partial charge in [0.2, 0.25) is 5.91 Å². The van der Waals surface area contributed by atoms with Gasteiger partial charge in [0.25, 0.3) is 0 Å². The summed E-state index contributed by atoms with van der Waals surface area (Å²) in [4.78, 5) is 25.3. The average Bonchev–Trinajstić information content (AvgIpc) is 2.67. The van der Waals surface area contributed by atoms with Gasteiger partial charge in [-0.3, -0.25) is 9.59 Å². The fourth-order valence-corrected chi connectivity index (χ4v) is 4.20. The molecule has 1 amide bonds. The van der Waals surface area contributed by atoms with Crippen LogP contribution in [0, 0.1) is 5.82 Å². The molecule has 3 nitrogen and oxygen atoms in total. The van der Waals surface area contributed by atoms with Crippen LogP contribution in [0.15, 0.2) is 59.8 Å². The van der Waals surface area contributed by atoms with Gasteiger partial charge >= 0.3 is 0 Å². The third-order valence-electron chi connectivity index (χ3n) is 5.67. The maximum atomic E-state index is 13.2. The molecule has 2 aromatic rings. The lowest BCUT2D eigenvalue weighted by Gasteiger charge is -2.34. The number of ketones is 1. The second kappa shape index (κ2) is 7.10. The summed E-state index contributed by atoms with van der Waals surface area (Å²) < 4.78 is 13.2.